The van der Waals surface area contributed by atoms with Gasteiger partial charge in [0, 0.05) is 24.6 Å². The van der Waals surface area contributed by atoms with Gasteiger partial charge in [-0.1, -0.05) is 36.4 Å². The Balaban J connectivity index is 1.56. The minimum Gasteiger partial charge on any atom is -0.496 e. The van der Waals surface area contributed by atoms with Gasteiger partial charge in [0.25, 0.3) is 0 Å². The van der Waals surface area contributed by atoms with Crippen molar-refractivity contribution in [2.75, 3.05) is 33.4 Å². The van der Waals surface area contributed by atoms with Gasteiger partial charge in [0.15, 0.2) is 0 Å². The van der Waals surface area contributed by atoms with Gasteiger partial charge in [-0.3, -0.25) is 9.69 Å². The number of ether oxygens (including phenoxy) is 3. The predicted molar refractivity (Wildman–Crippen MR) is 148 cm³/mol. The summed E-state index contributed by atoms with van der Waals surface area (Å²) in [5, 5.41) is 10.8. The Morgan fingerprint density at radius 2 is 2.11 bits per heavy atom. The monoisotopic (exact) mass is 527 g/mol. The summed E-state index contributed by atoms with van der Waals surface area (Å²) in [5.41, 5.74) is 3.49. The first kappa shape index (κ1) is 29.8. The Morgan fingerprint density at radius 3 is 2.84 bits per heavy atom. The minimum atomic E-state index is -0.637. The second-order valence-corrected chi connectivity index (χ2v) is 9.92. The average Bonchev–Trinajstić information content (AvgIpc) is 3.33. The maximum Gasteiger partial charge on any atom is 0.306 e. The zero-order valence-corrected chi connectivity index (χ0v) is 23.1. The molecule has 1 heterocycles. The summed E-state index contributed by atoms with van der Waals surface area (Å²) in [6.45, 7) is 7.55. The van der Waals surface area contributed by atoms with Gasteiger partial charge in [-0.15, -0.1) is 0 Å². The van der Waals surface area contributed by atoms with E-state index in [1.54, 1.807) is 27.0 Å². The second kappa shape index (κ2) is 15.0. The molecule has 1 aliphatic heterocycles. The average molecular weight is 528 g/mol. The SMILES string of the molecule is CCOC(=O)CC/C=C/c1c(OC)cccc1[C@@H](C)OC[C@H](O)CN1CCC[C@H]1Cc1ccc(C)c(F)c1. The molecule has 7 heteroatoms. The first-order valence-electron chi connectivity index (χ1n) is 13.6. The molecule has 0 radical (unpaired) electrons. The van der Waals surface area contributed by atoms with Crippen molar-refractivity contribution in [1.82, 2.24) is 4.90 Å². The summed E-state index contributed by atoms with van der Waals surface area (Å²) in [5.74, 6) is 0.341. The summed E-state index contributed by atoms with van der Waals surface area (Å²) in [6.07, 6.45) is 6.75. The van der Waals surface area contributed by atoms with E-state index in [2.05, 4.69) is 4.90 Å². The van der Waals surface area contributed by atoms with Crippen LogP contribution in [0.3, 0.4) is 0 Å². The summed E-state index contributed by atoms with van der Waals surface area (Å²) in [6, 6.07) is 11.5. The highest BCUT2D eigenvalue weighted by atomic mass is 19.1. The number of halogens is 1. The number of nitrogens with zero attached hydrogens (tertiary/aromatic N) is 1. The van der Waals surface area contributed by atoms with Gasteiger partial charge in [0.05, 0.1) is 32.5 Å². The second-order valence-electron chi connectivity index (χ2n) is 9.92. The standard InChI is InChI=1S/C31H42FNO5/c1-5-37-31(35)14-7-6-11-28-27(12-8-13-30(28)36-4)23(3)38-21-26(34)20-33-17-9-10-25(33)18-24-16-15-22(2)29(32)19-24/h6,8,11-13,15-16,19,23,25-26,34H,5,7,9-10,14,17-18,20-21H2,1-4H3/b11-6+/t23-,25+,26-/m1/s1. The molecule has 3 rings (SSSR count). The predicted octanol–water partition coefficient (Wildman–Crippen LogP) is 5.64. The van der Waals surface area contributed by atoms with E-state index in [1.807, 2.05) is 49.4 Å². The Bertz CT molecular complexity index is 1070. The van der Waals surface area contributed by atoms with E-state index in [1.165, 1.54) is 0 Å². The minimum absolute atomic E-state index is 0.166. The Hall–Kier alpha value is -2.74. The van der Waals surface area contributed by atoms with Gasteiger partial charge in [-0.25, -0.2) is 4.39 Å². The van der Waals surface area contributed by atoms with Gasteiger partial charge >= 0.3 is 5.97 Å². The van der Waals surface area contributed by atoms with Crippen molar-refractivity contribution in [3.8, 4) is 5.75 Å². The summed E-state index contributed by atoms with van der Waals surface area (Å²) in [4.78, 5) is 13.9. The highest BCUT2D eigenvalue weighted by Gasteiger charge is 2.27. The number of rotatable bonds is 14. The molecule has 38 heavy (non-hydrogen) atoms. The lowest BCUT2D eigenvalue weighted by molar-refractivity contribution is -0.143. The molecule has 2 aromatic carbocycles. The normalized spacial score (nSPS) is 17.6. The van der Waals surface area contributed by atoms with Gasteiger partial charge in [0.1, 0.15) is 11.6 Å². The highest BCUT2D eigenvalue weighted by molar-refractivity contribution is 5.70. The van der Waals surface area contributed by atoms with Crippen molar-refractivity contribution < 1.29 is 28.5 Å². The molecule has 1 aliphatic rings. The van der Waals surface area contributed by atoms with Crippen LogP contribution in [0.5, 0.6) is 5.75 Å². The molecule has 0 aromatic heterocycles. The van der Waals surface area contributed by atoms with Crippen LogP contribution < -0.4 is 4.74 Å². The van der Waals surface area contributed by atoms with Crippen molar-refractivity contribution in [2.45, 2.75) is 71.1 Å². The van der Waals surface area contributed by atoms with E-state index >= 15 is 0 Å². The molecule has 0 saturated carbocycles. The van der Waals surface area contributed by atoms with Crippen molar-refractivity contribution >= 4 is 12.0 Å². The summed E-state index contributed by atoms with van der Waals surface area (Å²) >= 11 is 0. The lowest BCUT2D eigenvalue weighted by Crippen LogP contribution is -2.39. The molecule has 0 aliphatic carbocycles. The Morgan fingerprint density at radius 1 is 1.29 bits per heavy atom. The molecule has 0 bridgehead atoms. The zero-order valence-electron chi connectivity index (χ0n) is 23.1. The topological polar surface area (TPSA) is 68.2 Å². The van der Waals surface area contributed by atoms with E-state index in [0.717, 1.165) is 48.2 Å². The fourth-order valence-corrected chi connectivity index (χ4v) is 4.98. The van der Waals surface area contributed by atoms with E-state index < -0.39 is 6.10 Å². The molecular formula is C31H42FNO5. The van der Waals surface area contributed by atoms with E-state index in [-0.39, 0.29) is 30.5 Å². The van der Waals surface area contributed by atoms with Crippen LogP contribution in [0.15, 0.2) is 42.5 Å². The van der Waals surface area contributed by atoms with Crippen LogP contribution in [0.2, 0.25) is 0 Å². The molecule has 1 N–H and O–H groups in total. The molecule has 2 aromatic rings. The number of methoxy groups -OCH3 is 1. The van der Waals surface area contributed by atoms with Gasteiger partial charge in [-0.05, 0) is 81.8 Å². The fraction of sp³-hybridized carbons (Fsp3) is 0.516. The molecule has 3 atom stereocenters. The van der Waals surface area contributed by atoms with Gasteiger partial charge in [0.2, 0.25) is 0 Å². The first-order chi connectivity index (χ1) is 18.3. The van der Waals surface area contributed by atoms with Crippen LogP contribution in [0, 0.1) is 12.7 Å². The maximum atomic E-state index is 14.0. The maximum absolute atomic E-state index is 14.0. The summed E-state index contributed by atoms with van der Waals surface area (Å²) < 4.78 is 30.7. The zero-order chi connectivity index (χ0) is 27.5. The Labute approximate surface area is 226 Å². The number of likely N-dealkylation sites (tertiary alicyclic amines) is 1. The highest BCUT2D eigenvalue weighted by Crippen LogP contribution is 2.30. The molecule has 1 saturated heterocycles. The van der Waals surface area contributed by atoms with E-state index in [9.17, 15) is 14.3 Å². The van der Waals surface area contributed by atoms with Crippen molar-refractivity contribution in [1.29, 1.82) is 0 Å². The number of β-amino-alcohol motifs (C(OH)–C–C–N with tert-alkyl or cyclic N) is 1. The molecule has 0 amide bonds. The third-order valence-electron chi connectivity index (χ3n) is 7.05. The molecular weight excluding hydrogens is 485 g/mol. The van der Waals surface area contributed by atoms with E-state index in [0.29, 0.717) is 31.6 Å². The number of benzene rings is 2. The number of allylic oxidation sites excluding steroid dienone is 1. The number of aliphatic hydroxyl groups excluding tert-OH is 1. The lowest BCUT2D eigenvalue weighted by atomic mass is 10.0. The van der Waals surface area contributed by atoms with Crippen LogP contribution in [0.4, 0.5) is 4.39 Å². The van der Waals surface area contributed by atoms with Crippen LogP contribution >= 0.6 is 0 Å². The largest absolute Gasteiger partial charge is 0.496 e. The molecule has 208 valence electrons. The van der Waals surface area contributed by atoms with Crippen LogP contribution in [-0.4, -0.2) is 61.5 Å². The molecule has 6 nitrogen and oxygen atoms in total. The molecule has 0 unspecified atom stereocenters. The number of hydrogen-bond acceptors (Lipinski definition) is 6. The number of aliphatic hydroxyl groups is 1. The first-order valence-corrected chi connectivity index (χ1v) is 13.6. The van der Waals surface area contributed by atoms with Gasteiger partial charge < -0.3 is 19.3 Å². The van der Waals surface area contributed by atoms with Crippen LogP contribution in [0.1, 0.15) is 67.9 Å². The van der Waals surface area contributed by atoms with Gasteiger partial charge in [-0.2, -0.15) is 0 Å². The van der Waals surface area contributed by atoms with Crippen LogP contribution in [0.25, 0.3) is 6.08 Å². The molecule has 0 spiro atoms. The number of hydrogen-bond donors (Lipinski definition) is 1. The fourth-order valence-electron chi connectivity index (χ4n) is 4.98. The number of aryl methyl sites for hydroxylation is 1. The smallest absolute Gasteiger partial charge is 0.306 e. The van der Waals surface area contributed by atoms with Crippen LogP contribution in [-0.2, 0) is 20.7 Å². The third kappa shape index (κ3) is 8.65. The van der Waals surface area contributed by atoms with Crippen molar-refractivity contribution in [2.24, 2.45) is 0 Å². The van der Waals surface area contributed by atoms with Crippen molar-refractivity contribution in [3.63, 3.8) is 0 Å². The lowest BCUT2D eigenvalue weighted by Gasteiger charge is -2.28. The third-order valence-corrected chi connectivity index (χ3v) is 7.05. The quantitative estimate of drug-likeness (QED) is 0.321. The van der Waals surface area contributed by atoms with Crippen molar-refractivity contribution in [3.05, 3.63) is 70.5 Å². The molecule has 1 fully saturated rings. The Kier molecular flexibility index (Phi) is 11.8. The number of esters is 1. The summed E-state index contributed by atoms with van der Waals surface area (Å²) in [7, 11) is 1.63. The van der Waals surface area contributed by atoms with E-state index in [4.69, 9.17) is 14.2 Å². The number of carbonyl (C=O) groups is 1. The number of carbonyl (C=O) groups excluding carboxylic acids is 1.